The van der Waals surface area contributed by atoms with E-state index in [0.29, 0.717) is 6.61 Å². The molecule has 0 unspecified atom stereocenters. The smallest absolute Gasteiger partial charge is 0.162 e. The second-order valence-corrected chi connectivity index (χ2v) is 4.69. The van der Waals surface area contributed by atoms with E-state index in [9.17, 15) is 0 Å². The van der Waals surface area contributed by atoms with Crippen molar-refractivity contribution in [1.82, 2.24) is 4.90 Å². The van der Waals surface area contributed by atoms with E-state index in [-0.39, 0.29) is 12.4 Å². The number of aryl methyl sites for hydroxylation is 1. The van der Waals surface area contributed by atoms with Crippen molar-refractivity contribution in [2.45, 2.75) is 6.92 Å². The number of halogens is 1. The van der Waals surface area contributed by atoms with Gasteiger partial charge in [0, 0.05) is 13.1 Å². The van der Waals surface area contributed by atoms with Gasteiger partial charge in [-0.15, -0.1) is 12.4 Å². The number of morpholine rings is 1. The van der Waals surface area contributed by atoms with Gasteiger partial charge in [0.25, 0.3) is 0 Å². The van der Waals surface area contributed by atoms with Gasteiger partial charge >= 0.3 is 0 Å². The molecule has 2 rings (SSSR count). The van der Waals surface area contributed by atoms with E-state index in [1.54, 1.807) is 7.11 Å². The third-order valence-corrected chi connectivity index (χ3v) is 3.15. The molecule has 0 amide bonds. The van der Waals surface area contributed by atoms with Crippen molar-refractivity contribution >= 4 is 12.4 Å². The first kappa shape index (κ1) is 17.6. The summed E-state index contributed by atoms with van der Waals surface area (Å²) in [6, 6.07) is 5.87. The molecule has 0 spiro atoms. The first-order valence-electron chi connectivity index (χ1n) is 6.83. The van der Waals surface area contributed by atoms with Crippen LogP contribution in [-0.4, -0.2) is 51.5 Å². The van der Waals surface area contributed by atoms with Crippen molar-refractivity contribution in [3.8, 4) is 23.3 Å². The molecule has 5 heteroatoms. The minimum absolute atomic E-state index is 0. The molecule has 1 fully saturated rings. The average molecular weight is 312 g/mol. The lowest BCUT2D eigenvalue weighted by molar-refractivity contribution is 0.0443. The van der Waals surface area contributed by atoms with Crippen LogP contribution in [0.3, 0.4) is 0 Å². The Hall–Kier alpha value is -1.41. The minimum atomic E-state index is 0. The van der Waals surface area contributed by atoms with Crippen LogP contribution < -0.4 is 9.47 Å². The van der Waals surface area contributed by atoms with Gasteiger partial charge in [0.05, 0.1) is 26.9 Å². The predicted octanol–water partition coefficient (Wildman–Crippen LogP) is 2.14. The van der Waals surface area contributed by atoms with E-state index < -0.39 is 0 Å². The zero-order valence-electron chi connectivity index (χ0n) is 12.6. The molecule has 0 saturated carbocycles. The molecule has 1 heterocycles. The third-order valence-electron chi connectivity index (χ3n) is 3.15. The van der Waals surface area contributed by atoms with Crippen LogP contribution in [0.1, 0.15) is 5.56 Å². The van der Waals surface area contributed by atoms with E-state index in [0.717, 1.165) is 49.9 Å². The summed E-state index contributed by atoms with van der Waals surface area (Å²) in [6.45, 7) is 6.70. The summed E-state index contributed by atoms with van der Waals surface area (Å²) in [5, 5.41) is 0. The fourth-order valence-electron chi connectivity index (χ4n) is 1.99. The van der Waals surface area contributed by atoms with E-state index in [1.165, 1.54) is 0 Å². The van der Waals surface area contributed by atoms with Gasteiger partial charge in [-0.3, -0.25) is 4.90 Å². The third kappa shape index (κ3) is 5.84. The van der Waals surface area contributed by atoms with Crippen molar-refractivity contribution in [3.05, 3.63) is 23.8 Å². The Morgan fingerprint density at radius 2 is 1.95 bits per heavy atom. The summed E-state index contributed by atoms with van der Waals surface area (Å²) >= 11 is 0. The van der Waals surface area contributed by atoms with Crippen molar-refractivity contribution in [3.63, 3.8) is 0 Å². The normalized spacial score (nSPS) is 14.6. The highest BCUT2D eigenvalue weighted by atomic mass is 35.5. The summed E-state index contributed by atoms with van der Waals surface area (Å²) in [7, 11) is 1.64. The largest absolute Gasteiger partial charge is 0.493 e. The molecule has 116 valence electrons. The average Bonchev–Trinajstić information content (AvgIpc) is 2.49. The highest BCUT2D eigenvalue weighted by Crippen LogP contribution is 2.27. The van der Waals surface area contributed by atoms with Crippen LogP contribution in [0, 0.1) is 18.8 Å². The van der Waals surface area contributed by atoms with Gasteiger partial charge in [-0.25, -0.2) is 0 Å². The summed E-state index contributed by atoms with van der Waals surface area (Å²) in [5.41, 5.74) is 1.15. The number of hydrogen-bond donors (Lipinski definition) is 0. The molecule has 0 N–H and O–H groups in total. The molecular weight excluding hydrogens is 290 g/mol. The zero-order valence-corrected chi connectivity index (χ0v) is 13.4. The van der Waals surface area contributed by atoms with Gasteiger partial charge in [-0.05, 0) is 24.6 Å². The molecule has 0 radical (unpaired) electrons. The summed E-state index contributed by atoms with van der Waals surface area (Å²) in [5.74, 6) is 7.65. The molecule has 0 aromatic heterocycles. The maximum Gasteiger partial charge on any atom is 0.162 e. The fraction of sp³-hybridized carbons (Fsp3) is 0.500. The Morgan fingerprint density at radius 3 is 2.67 bits per heavy atom. The first-order chi connectivity index (χ1) is 9.79. The van der Waals surface area contributed by atoms with Crippen LogP contribution in [0.5, 0.6) is 11.5 Å². The van der Waals surface area contributed by atoms with Gasteiger partial charge in [0.2, 0.25) is 0 Å². The standard InChI is InChI=1S/C16H21NO3.ClH/c1-14-5-6-15(16(13-14)18-2)20-10-4-3-7-17-8-11-19-12-9-17;/h5-6,13H,7-12H2,1-2H3;1H. The topological polar surface area (TPSA) is 30.9 Å². The highest BCUT2D eigenvalue weighted by Gasteiger charge is 2.07. The first-order valence-corrected chi connectivity index (χ1v) is 6.83. The lowest BCUT2D eigenvalue weighted by Gasteiger charge is -2.24. The fourth-order valence-corrected chi connectivity index (χ4v) is 1.99. The summed E-state index contributed by atoms with van der Waals surface area (Å²) < 4.78 is 16.2. The Bertz CT molecular complexity index is 490. The zero-order chi connectivity index (χ0) is 14.2. The van der Waals surface area contributed by atoms with Gasteiger partial charge in [-0.1, -0.05) is 17.9 Å². The molecule has 1 aromatic carbocycles. The maximum atomic E-state index is 5.63. The van der Waals surface area contributed by atoms with Gasteiger partial charge in [-0.2, -0.15) is 0 Å². The predicted molar refractivity (Wildman–Crippen MR) is 85.5 cm³/mol. The maximum absolute atomic E-state index is 5.63. The second kappa shape index (κ2) is 9.51. The Balaban J connectivity index is 0.00000220. The quantitative estimate of drug-likeness (QED) is 0.797. The van der Waals surface area contributed by atoms with E-state index in [1.807, 2.05) is 25.1 Å². The van der Waals surface area contributed by atoms with E-state index in [2.05, 4.69) is 16.7 Å². The molecule has 21 heavy (non-hydrogen) atoms. The molecule has 0 bridgehead atoms. The van der Waals surface area contributed by atoms with Crippen LogP contribution in [0.15, 0.2) is 18.2 Å². The van der Waals surface area contributed by atoms with Crippen LogP contribution in [0.25, 0.3) is 0 Å². The summed E-state index contributed by atoms with van der Waals surface area (Å²) in [6.07, 6.45) is 0. The van der Waals surface area contributed by atoms with Gasteiger partial charge in [0.1, 0.15) is 6.61 Å². The Kier molecular flexibility index (Phi) is 7.99. The molecule has 1 aliphatic rings. The molecule has 1 saturated heterocycles. The Morgan fingerprint density at radius 1 is 1.19 bits per heavy atom. The lowest BCUT2D eigenvalue weighted by atomic mass is 10.2. The van der Waals surface area contributed by atoms with Crippen molar-refractivity contribution in [1.29, 1.82) is 0 Å². The van der Waals surface area contributed by atoms with E-state index in [4.69, 9.17) is 14.2 Å². The van der Waals surface area contributed by atoms with Gasteiger partial charge < -0.3 is 14.2 Å². The number of benzene rings is 1. The monoisotopic (exact) mass is 311 g/mol. The van der Waals surface area contributed by atoms with Crippen molar-refractivity contribution in [2.24, 2.45) is 0 Å². The molecular formula is C16H22ClNO3. The van der Waals surface area contributed by atoms with Gasteiger partial charge in [0.15, 0.2) is 11.5 Å². The number of methoxy groups -OCH3 is 1. The number of hydrogen-bond acceptors (Lipinski definition) is 4. The Labute approximate surface area is 132 Å². The van der Waals surface area contributed by atoms with Crippen LogP contribution in [0.4, 0.5) is 0 Å². The molecule has 1 aliphatic heterocycles. The molecule has 0 atom stereocenters. The molecule has 1 aromatic rings. The molecule has 4 nitrogen and oxygen atoms in total. The van der Waals surface area contributed by atoms with E-state index >= 15 is 0 Å². The van der Waals surface area contributed by atoms with Crippen molar-refractivity contribution in [2.75, 3.05) is 46.6 Å². The molecule has 0 aliphatic carbocycles. The highest BCUT2D eigenvalue weighted by molar-refractivity contribution is 5.85. The minimum Gasteiger partial charge on any atom is -0.493 e. The van der Waals surface area contributed by atoms with Crippen molar-refractivity contribution < 1.29 is 14.2 Å². The summed E-state index contributed by atoms with van der Waals surface area (Å²) in [4.78, 5) is 2.28. The van der Waals surface area contributed by atoms with Crippen LogP contribution in [-0.2, 0) is 4.74 Å². The van der Waals surface area contributed by atoms with Crippen LogP contribution >= 0.6 is 12.4 Å². The number of ether oxygens (including phenoxy) is 3. The lowest BCUT2D eigenvalue weighted by Crippen LogP contribution is -2.36. The second-order valence-electron chi connectivity index (χ2n) is 4.69. The SMILES string of the molecule is COc1cc(C)ccc1OCC#CCN1CCOCC1.Cl. The van der Waals surface area contributed by atoms with Crippen LogP contribution in [0.2, 0.25) is 0 Å². The number of nitrogens with zero attached hydrogens (tertiary/aromatic N) is 1. The number of rotatable bonds is 4.